The minimum absolute atomic E-state index is 0.0328. The van der Waals surface area contributed by atoms with Gasteiger partial charge in [0.15, 0.2) is 0 Å². The van der Waals surface area contributed by atoms with Crippen molar-refractivity contribution < 1.29 is 26.7 Å². The number of anilines is 3. The molecule has 0 fully saturated rings. The maximum absolute atomic E-state index is 14.3. The molecule has 0 aliphatic heterocycles. The molecule has 7 nitrogen and oxygen atoms in total. The third-order valence-corrected chi connectivity index (χ3v) is 6.47. The molecule has 4 N–H and O–H groups in total. The van der Waals surface area contributed by atoms with Gasteiger partial charge in [0, 0.05) is 15.3 Å². The van der Waals surface area contributed by atoms with Gasteiger partial charge in [-0.05, 0) is 71.5 Å². The molecule has 0 aromatic heterocycles. The fourth-order valence-electron chi connectivity index (χ4n) is 2.92. The molecule has 0 radical (unpaired) electrons. The van der Waals surface area contributed by atoms with Crippen LogP contribution in [0, 0.1) is 15.2 Å². The van der Waals surface area contributed by atoms with Gasteiger partial charge in [0.1, 0.15) is 29.6 Å². The van der Waals surface area contributed by atoms with Gasteiger partial charge in [0.2, 0.25) is 10.0 Å². The third kappa shape index (κ3) is 6.54. The molecular formula is C22H20F2IN3O4S. The molecular weight excluding hydrogens is 567 g/mol. The van der Waals surface area contributed by atoms with E-state index in [-0.39, 0.29) is 35.0 Å². The fraction of sp³-hybridized carbons (Fsp3) is 0.136. The highest BCUT2D eigenvalue weighted by Gasteiger charge is 2.19. The Balaban J connectivity index is 1.89. The molecule has 33 heavy (non-hydrogen) atoms. The van der Waals surface area contributed by atoms with Gasteiger partial charge >= 0.3 is 0 Å². The maximum atomic E-state index is 14.3. The summed E-state index contributed by atoms with van der Waals surface area (Å²) in [6, 6.07) is 12.8. The SMILES string of the molecule is CCS(=O)(=O)Nc1cccc(COc2cc(F)cc(Nc3ccc(I)cc3F)c2C(N)=O)c1. The van der Waals surface area contributed by atoms with Crippen LogP contribution >= 0.6 is 22.6 Å². The number of amides is 1. The summed E-state index contributed by atoms with van der Waals surface area (Å²) in [5.74, 6) is -2.45. The Hall–Kier alpha value is -2.93. The first kappa shape index (κ1) is 24.7. The Labute approximate surface area is 203 Å². The van der Waals surface area contributed by atoms with Crippen LogP contribution in [0.25, 0.3) is 0 Å². The number of carbonyl (C=O) groups excluding carboxylic acids is 1. The highest BCUT2D eigenvalue weighted by Crippen LogP contribution is 2.32. The van der Waals surface area contributed by atoms with E-state index < -0.39 is 27.6 Å². The number of rotatable bonds is 9. The van der Waals surface area contributed by atoms with Crippen LogP contribution in [-0.2, 0) is 16.6 Å². The van der Waals surface area contributed by atoms with Crippen molar-refractivity contribution in [3.63, 3.8) is 0 Å². The highest BCUT2D eigenvalue weighted by molar-refractivity contribution is 14.1. The van der Waals surface area contributed by atoms with Crippen molar-refractivity contribution in [2.75, 3.05) is 15.8 Å². The van der Waals surface area contributed by atoms with Crippen molar-refractivity contribution in [1.82, 2.24) is 0 Å². The maximum Gasteiger partial charge on any atom is 0.254 e. The van der Waals surface area contributed by atoms with Gasteiger partial charge in [-0.15, -0.1) is 0 Å². The summed E-state index contributed by atoms with van der Waals surface area (Å²) in [5, 5.41) is 2.69. The van der Waals surface area contributed by atoms with Gasteiger partial charge in [-0.25, -0.2) is 17.2 Å². The summed E-state index contributed by atoms with van der Waals surface area (Å²) < 4.78 is 60.9. The number of nitrogens with one attached hydrogen (secondary N) is 2. The zero-order valence-corrected chi connectivity index (χ0v) is 20.3. The molecule has 0 heterocycles. The highest BCUT2D eigenvalue weighted by atomic mass is 127. The first-order valence-electron chi connectivity index (χ1n) is 9.65. The molecule has 3 rings (SSSR count). The molecule has 0 spiro atoms. The van der Waals surface area contributed by atoms with Crippen molar-refractivity contribution in [1.29, 1.82) is 0 Å². The minimum atomic E-state index is -3.46. The predicted octanol–water partition coefficient (Wildman–Crippen LogP) is 4.75. The molecule has 0 atom stereocenters. The molecule has 11 heteroatoms. The van der Waals surface area contributed by atoms with E-state index in [1.165, 1.54) is 19.1 Å². The second-order valence-corrected chi connectivity index (χ2v) is 10.2. The van der Waals surface area contributed by atoms with Crippen molar-refractivity contribution in [2.24, 2.45) is 5.73 Å². The van der Waals surface area contributed by atoms with E-state index in [0.717, 1.165) is 12.1 Å². The van der Waals surface area contributed by atoms with E-state index in [9.17, 15) is 22.0 Å². The van der Waals surface area contributed by atoms with E-state index in [4.69, 9.17) is 10.5 Å². The lowest BCUT2D eigenvalue weighted by atomic mass is 10.1. The van der Waals surface area contributed by atoms with E-state index in [0.29, 0.717) is 14.8 Å². The lowest BCUT2D eigenvalue weighted by Gasteiger charge is -2.16. The monoisotopic (exact) mass is 587 g/mol. The molecule has 0 saturated heterocycles. The number of nitrogens with two attached hydrogens (primary N) is 1. The lowest BCUT2D eigenvalue weighted by Crippen LogP contribution is -2.16. The minimum Gasteiger partial charge on any atom is -0.488 e. The van der Waals surface area contributed by atoms with Gasteiger partial charge in [-0.3, -0.25) is 9.52 Å². The second kappa shape index (κ2) is 10.3. The zero-order chi connectivity index (χ0) is 24.2. The second-order valence-electron chi connectivity index (χ2n) is 6.93. The molecule has 1 amide bonds. The summed E-state index contributed by atoms with van der Waals surface area (Å²) in [6.07, 6.45) is 0. The van der Waals surface area contributed by atoms with Crippen molar-refractivity contribution in [2.45, 2.75) is 13.5 Å². The van der Waals surface area contributed by atoms with Gasteiger partial charge in [-0.2, -0.15) is 0 Å². The largest absolute Gasteiger partial charge is 0.488 e. The van der Waals surface area contributed by atoms with E-state index in [1.807, 2.05) is 22.6 Å². The van der Waals surface area contributed by atoms with Crippen molar-refractivity contribution in [3.8, 4) is 5.75 Å². The summed E-state index contributed by atoms with van der Waals surface area (Å²) in [4.78, 5) is 12.1. The van der Waals surface area contributed by atoms with Crippen LogP contribution in [0.2, 0.25) is 0 Å². The van der Waals surface area contributed by atoms with Crippen LogP contribution in [0.1, 0.15) is 22.8 Å². The van der Waals surface area contributed by atoms with Crippen LogP contribution in [0.3, 0.4) is 0 Å². The standard InChI is InChI=1S/C22H20F2IN3O4S/c1-2-33(30,31)28-16-5-3-4-13(8-16)12-32-20-10-14(23)9-19(21(20)22(26)29)27-18-7-6-15(25)11-17(18)24/h3-11,27-28H,2,12H2,1H3,(H2,26,29). The number of primary amides is 1. The molecule has 3 aromatic rings. The molecule has 0 bridgehead atoms. The summed E-state index contributed by atoms with van der Waals surface area (Å²) in [6.45, 7) is 1.40. The molecule has 174 valence electrons. The molecule has 0 unspecified atom stereocenters. The molecule has 0 aliphatic carbocycles. The van der Waals surface area contributed by atoms with Crippen molar-refractivity contribution in [3.05, 3.63) is 80.9 Å². The van der Waals surface area contributed by atoms with E-state index in [2.05, 4.69) is 10.0 Å². The molecule has 0 aliphatic rings. The number of hydrogen-bond acceptors (Lipinski definition) is 5. The number of ether oxygens (including phenoxy) is 1. The number of benzene rings is 3. The zero-order valence-electron chi connectivity index (χ0n) is 17.4. The molecule has 3 aromatic carbocycles. The first-order chi connectivity index (χ1) is 15.6. The van der Waals surface area contributed by atoms with Gasteiger partial charge in [-0.1, -0.05) is 12.1 Å². The normalized spacial score (nSPS) is 11.2. The van der Waals surface area contributed by atoms with Crippen LogP contribution in [0.5, 0.6) is 5.75 Å². The Morgan fingerprint density at radius 2 is 1.85 bits per heavy atom. The number of hydrogen-bond donors (Lipinski definition) is 3. The average Bonchev–Trinajstić information content (AvgIpc) is 2.73. The fourth-order valence-corrected chi connectivity index (χ4v) is 4.01. The number of sulfonamides is 1. The summed E-state index contributed by atoms with van der Waals surface area (Å²) >= 11 is 1.95. The van der Waals surface area contributed by atoms with E-state index >= 15 is 0 Å². The van der Waals surface area contributed by atoms with Gasteiger partial charge in [0.05, 0.1) is 17.1 Å². The van der Waals surface area contributed by atoms with Crippen LogP contribution in [0.15, 0.2) is 54.6 Å². The quantitative estimate of drug-likeness (QED) is 0.313. The summed E-state index contributed by atoms with van der Waals surface area (Å²) in [7, 11) is -3.46. The first-order valence-corrected chi connectivity index (χ1v) is 12.4. The number of halogens is 3. The van der Waals surface area contributed by atoms with Crippen LogP contribution in [0.4, 0.5) is 25.8 Å². The smallest absolute Gasteiger partial charge is 0.254 e. The van der Waals surface area contributed by atoms with Gasteiger partial charge in [0.25, 0.3) is 5.91 Å². The van der Waals surface area contributed by atoms with Crippen LogP contribution in [-0.4, -0.2) is 20.1 Å². The Bertz CT molecular complexity index is 1300. The number of carbonyl (C=O) groups is 1. The van der Waals surface area contributed by atoms with Crippen LogP contribution < -0.4 is 20.5 Å². The Morgan fingerprint density at radius 1 is 1.09 bits per heavy atom. The summed E-state index contributed by atoms with van der Waals surface area (Å²) in [5.41, 5.74) is 6.23. The topological polar surface area (TPSA) is 111 Å². The Kier molecular flexibility index (Phi) is 7.74. The average molecular weight is 587 g/mol. The Morgan fingerprint density at radius 3 is 2.52 bits per heavy atom. The van der Waals surface area contributed by atoms with E-state index in [1.54, 1.807) is 30.3 Å². The van der Waals surface area contributed by atoms with Gasteiger partial charge < -0.3 is 15.8 Å². The third-order valence-electron chi connectivity index (χ3n) is 4.49. The predicted molar refractivity (Wildman–Crippen MR) is 131 cm³/mol. The molecule has 0 saturated carbocycles. The van der Waals surface area contributed by atoms with Crippen molar-refractivity contribution >= 4 is 55.6 Å². The lowest BCUT2D eigenvalue weighted by molar-refractivity contribution is 0.0996.